The van der Waals surface area contributed by atoms with Gasteiger partial charge >= 0.3 is 5.97 Å². The van der Waals surface area contributed by atoms with Gasteiger partial charge in [0.15, 0.2) is 0 Å². The van der Waals surface area contributed by atoms with Gasteiger partial charge in [0, 0.05) is 36.8 Å². The standard InChI is InChI=1S/C20H19ClN2O4/c21-16-7-5-14(6-8-16)19(25)23-11-9-22(10-12-23)18(24)13-15-3-1-2-4-17(15)20(26)27/h1-8H,9-13H2,(H,26,27). The Bertz CT molecular complexity index is 859. The lowest BCUT2D eigenvalue weighted by molar-refractivity contribution is -0.131. The average Bonchev–Trinajstić information content (AvgIpc) is 2.68. The number of carbonyl (C=O) groups excluding carboxylic acids is 2. The molecule has 27 heavy (non-hydrogen) atoms. The summed E-state index contributed by atoms with van der Waals surface area (Å²) in [6, 6.07) is 13.2. The second-order valence-corrected chi connectivity index (χ2v) is 6.76. The molecule has 2 amide bonds. The first kappa shape index (κ1) is 18.9. The van der Waals surface area contributed by atoms with E-state index in [9.17, 15) is 19.5 Å². The molecule has 0 aromatic heterocycles. The molecule has 2 aromatic rings. The van der Waals surface area contributed by atoms with E-state index in [-0.39, 0.29) is 23.8 Å². The van der Waals surface area contributed by atoms with Gasteiger partial charge < -0.3 is 14.9 Å². The van der Waals surface area contributed by atoms with Gasteiger partial charge in [0.25, 0.3) is 5.91 Å². The monoisotopic (exact) mass is 386 g/mol. The van der Waals surface area contributed by atoms with Crippen LogP contribution in [-0.2, 0) is 11.2 Å². The number of rotatable bonds is 4. The van der Waals surface area contributed by atoms with Gasteiger partial charge in [-0.2, -0.15) is 0 Å². The molecule has 7 heteroatoms. The Kier molecular flexibility index (Phi) is 5.76. The van der Waals surface area contributed by atoms with Gasteiger partial charge in [-0.15, -0.1) is 0 Å². The van der Waals surface area contributed by atoms with E-state index < -0.39 is 5.97 Å². The van der Waals surface area contributed by atoms with Crippen LogP contribution in [0, 0.1) is 0 Å². The summed E-state index contributed by atoms with van der Waals surface area (Å²) in [7, 11) is 0. The number of halogens is 1. The second kappa shape index (κ2) is 8.22. The van der Waals surface area contributed by atoms with Crippen LogP contribution in [0.1, 0.15) is 26.3 Å². The molecule has 3 rings (SSSR count). The van der Waals surface area contributed by atoms with Crippen LogP contribution in [0.5, 0.6) is 0 Å². The molecule has 0 atom stereocenters. The molecule has 140 valence electrons. The molecule has 0 aliphatic carbocycles. The number of hydrogen-bond acceptors (Lipinski definition) is 3. The van der Waals surface area contributed by atoms with E-state index in [1.54, 1.807) is 52.3 Å². The molecular weight excluding hydrogens is 368 g/mol. The van der Waals surface area contributed by atoms with Crippen molar-refractivity contribution < 1.29 is 19.5 Å². The summed E-state index contributed by atoms with van der Waals surface area (Å²) >= 11 is 5.85. The van der Waals surface area contributed by atoms with Crippen LogP contribution in [-0.4, -0.2) is 58.9 Å². The zero-order valence-corrected chi connectivity index (χ0v) is 15.4. The normalized spacial score (nSPS) is 14.1. The Morgan fingerprint density at radius 2 is 1.48 bits per heavy atom. The van der Waals surface area contributed by atoms with Crippen molar-refractivity contribution in [2.24, 2.45) is 0 Å². The third kappa shape index (κ3) is 4.46. The van der Waals surface area contributed by atoms with Crippen LogP contribution in [0.25, 0.3) is 0 Å². The first-order valence-electron chi connectivity index (χ1n) is 8.59. The van der Waals surface area contributed by atoms with Crippen molar-refractivity contribution in [2.45, 2.75) is 6.42 Å². The first-order chi connectivity index (χ1) is 13.0. The number of nitrogens with zero attached hydrogens (tertiary/aromatic N) is 2. The highest BCUT2D eigenvalue weighted by atomic mass is 35.5. The minimum Gasteiger partial charge on any atom is -0.478 e. The molecule has 1 heterocycles. The SMILES string of the molecule is O=C(O)c1ccccc1CC(=O)N1CCN(C(=O)c2ccc(Cl)cc2)CC1. The highest BCUT2D eigenvalue weighted by molar-refractivity contribution is 6.30. The molecule has 1 aliphatic heterocycles. The fraction of sp³-hybridized carbons (Fsp3) is 0.250. The lowest BCUT2D eigenvalue weighted by Crippen LogP contribution is -2.51. The molecule has 0 radical (unpaired) electrons. The van der Waals surface area contributed by atoms with Gasteiger partial charge in [0.05, 0.1) is 12.0 Å². The third-order valence-electron chi connectivity index (χ3n) is 4.60. The Morgan fingerprint density at radius 1 is 0.889 bits per heavy atom. The van der Waals surface area contributed by atoms with Gasteiger partial charge in [-0.25, -0.2) is 4.79 Å². The summed E-state index contributed by atoms with van der Waals surface area (Å²) in [6.07, 6.45) is 0.0353. The third-order valence-corrected chi connectivity index (χ3v) is 4.85. The molecule has 2 aromatic carbocycles. The molecule has 1 aliphatic rings. The van der Waals surface area contributed by atoms with Crippen LogP contribution < -0.4 is 0 Å². The van der Waals surface area contributed by atoms with E-state index in [4.69, 9.17) is 11.6 Å². The largest absolute Gasteiger partial charge is 0.478 e. The van der Waals surface area contributed by atoms with Crippen LogP contribution in [0.2, 0.25) is 5.02 Å². The quantitative estimate of drug-likeness (QED) is 0.876. The topological polar surface area (TPSA) is 77.9 Å². The smallest absolute Gasteiger partial charge is 0.335 e. The van der Waals surface area contributed by atoms with E-state index in [1.165, 1.54) is 6.07 Å². The van der Waals surface area contributed by atoms with E-state index >= 15 is 0 Å². The Morgan fingerprint density at radius 3 is 2.11 bits per heavy atom. The predicted octanol–water partition coefficient (Wildman–Crippen LogP) is 2.57. The zero-order valence-electron chi connectivity index (χ0n) is 14.6. The van der Waals surface area contributed by atoms with E-state index in [2.05, 4.69) is 0 Å². The maximum atomic E-state index is 12.5. The van der Waals surface area contributed by atoms with Crippen LogP contribution in [0.3, 0.4) is 0 Å². The Balaban J connectivity index is 1.59. The van der Waals surface area contributed by atoms with Gasteiger partial charge in [0.1, 0.15) is 0 Å². The fourth-order valence-corrected chi connectivity index (χ4v) is 3.22. The van der Waals surface area contributed by atoms with Gasteiger partial charge in [-0.05, 0) is 35.9 Å². The molecule has 1 fully saturated rings. The number of aromatic carboxylic acids is 1. The van der Waals surface area contributed by atoms with Crippen molar-refractivity contribution in [3.05, 3.63) is 70.2 Å². The number of amides is 2. The number of benzene rings is 2. The average molecular weight is 387 g/mol. The lowest BCUT2D eigenvalue weighted by Gasteiger charge is -2.35. The van der Waals surface area contributed by atoms with Crippen LogP contribution >= 0.6 is 11.6 Å². The summed E-state index contributed by atoms with van der Waals surface area (Å²) in [4.78, 5) is 39.7. The maximum Gasteiger partial charge on any atom is 0.335 e. The van der Waals surface area contributed by atoms with Gasteiger partial charge in [-0.3, -0.25) is 9.59 Å². The van der Waals surface area contributed by atoms with Crippen molar-refractivity contribution in [1.29, 1.82) is 0 Å². The summed E-state index contributed by atoms with van der Waals surface area (Å²) in [5, 5.41) is 9.81. The fourth-order valence-electron chi connectivity index (χ4n) is 3.09. The molecule has 0 unspecified atom stereocenters. The second-order valence-electron chi connectivity index (χ2n) is 6.32. The van der Waals surface area contributed by atoms with Crippen molar-refractivity contribution in [3.8, 4) is 0 Å². The number of carbonyl (C=O) groups is 3. The summed E-state index contributed by atoms with van der Waals surface area (Å²) < 4.78 is 0. The summed E-state index contributed by atoms with van der Waals surface area (Å²) in [6.45, 7) is 1.72. The number of hydrogen-bond donors (Lipinski definition) is 1. The molecule has 6 nitrogen and oxygen atoms in total. The molecule has 0 spiro atoms. The maximum absolute atomic E-state index is 12.5. The highest BCUT2D eigenvalue weighted by Crippen LogP contribution is 2.15. The Hall–Kier alpha value is -2.86. The van der Waals surface area contributed by atoms with Crippen molar-refractivity contribution >= 4 is 29.4 Å². The van der Waals surface area contributed by atoms with Crippen LogP contribution in [0.15, 0.2) is 48.5 Å². The van der Waals surface area contributed by atoms with Gasteiger partial charge in [-0.1, -0.05) is 29.8 Å². The highest BCUT2D eigenvalue weighted by Gasteiger charge is 2.25. The minimum atomic E-state index is -1.04. The molecule has 0 bridgehead atoms. The van der Waals surface area contributed by atoms with Crippen molar-refractivity contribution in [1.82, 2.24) is 9.80 Å². The predicted molar refractivity (Wildman–Crippen MR) is 101 cm³/mol. The number of carboxylic acid groups (broad SMARTS) is 1. The summed E-state index contributed by atoms with van der Waals surface area (Å²) in [5.41, 5.74) is 1.20. The lowest BCUT2D eigenvalue weighted by atomic mass is 10.0. The van der Waals surface area contributed by atoms with Crippen LogP contribution in [0.4, 0.5) is 0 Å². The first-order valence-corrected chi connectivity index (χ1v) is 8.97. The van der Waals surface area contributed by atoms with E-state index in [0.717, 1.165) is 0 Å². The summed E-state index contributed by atoms with van der Waals surface area (Å²) in [5.74, 6) is -1.27. The molecular formula is C20H19ClN2O4. The minimum absolute atomic E-state index is 0.0353. The van der Waals surface area contributed by atoms with Crippen molar-refractivity contribution in [2.75, 3.05) is 26.2 Å². The Labute approximate surface area is 162 Å². The zero-order chi connectivity index (χ0) is 19.4. The number of piperazine rings is 1. The van der Waals surface area contributed by atoms with Crippen molar-refractivity contribution in [3.63, 3.8) is 0 Å². The molecule has 1 N–H and O–H groups in total. The molecule has 1 saturated heterocycles. The van der Waals surface area contributed by atoms with E-state index in [1.807, 2.05) is 0 Å². The van der Waals surface area contributed by atoms with E-state index in [0.29, 0.717) is 42.3 Å². The number of carboxylic acids is 1. The van der Waals surface area contributed by atoms with Gasteiger partial charge in [0.2, 0.25) is 5.91 Å². The molecule has 0 saturated carbocycles.